The maximum absolute atomic E-state index is 12.6. The lowest BCUT2D eigenvalue weighted by Gasteiger charge is -2.13. The Bertz CT molecular complexity index is 1270. The van der Waals surface area contributed by atoms with Crippen molar-refractivity contribution in [1.29, 1.82) is 0 Å². The molecule has 0 amide bonds. The third-order valence-electron chi connectivity index (χ3n) is 5.11. The summed E-state index contributed by atoms with van der Waals surface area (Å²) >= 11 is 1.68. The molecular formula is C26H23N3O5S. The highest BCUT2D eigenvalue weighted by atomic mass is 32.2. The summed E-state index contributed by atoms with van der Waals surface area (Å²) in [6.07, 6.45) is 4.02. The number of anilines is 1. The van der Waals surface area contributed by atoms with E-state index in [1.165, 1.54) is 18.2 Å². The van der Waals surface area contributed by atoms with Crippen LogP contribution in [0.5, 0.6) is 17.2 Å². The van der Waals surface area contributed by atoms with Gasteiger partial charge in [-0.1, -0.05) is 23.9 Å². The average Bonchev–Trinajstić information content (AvgIpc) is 2.89. The smallest absolute Gasteiger partial charge is 0.312 e. The molecule has 0 saturated heterocycles. The Morgan fingerprint density at radius 2 is 1.83 bits per heavy atom. The molecule has 1 aliphatic rings. The van der Waals surface area contributed by atoms with Crippen LogP contribution in [0.3, 0.4) is 0 Å². The molecular weight excluding hydrogens is 466 g/mol. The van der Waals surface area contributed by atoms with Gasteiger partial charge in [0, 0.05) is 29.6 Å². The van der Waals surface area contributed by atoms with Gasteiger partial charge in [0.2, 0.25) is 5.75 Å². The van der Waals surface area contributed by atoms with Crippen LogP contribution in [0.1, 0.15) is 22.3 Å². The first-order valence-electron chi connectivity index (χ1n) is 10.9. The maximum Gasteiger partial charge on any atom is 0.312 e. The number of thioether (sulfide) groups is 1. The minimum Gasteiger partial charge on any atom is -0.497 e. The number of methoxy groups -OCH3 is 1. The van der Waals surface area contributed by atoms with Crippen LogP contribution >= 0.6 is 11.8 Å². The van der Waals surface area contributed by atoms with E-state index in [-0.39, 0.29) is 17.2 Å². The number of amidine groups is 1. The standard InChI is InChI=1S/C26H23N3O5S/c1-33-21-9-11-22(12-10-21)34-25-14-4-18(17-23(25)29(31)32)3-13-24(30)19-5-7-20(8-6-19)28-26-27-15-2-16-35-26/h3-14,17H,2,15-16H2,1H3,(H,27,28). The molecule has 1 heterocycles. The normalized spacial score (nSPS) is 13.2. The Balaban J connectivity index is 1.43. The quantitative estimate of drug-likeness (QED) is 0.174. The summed E-state index contributed by atoms with van der Waals surface area (Å²) in [5, 5.41) is 15.7. The lowest BCUT2D eigenvalue weighted by Crippen LogP contribution is -2.13. The van der Waals surface area contributed by atoms with Gasteiger partial charge in [-0.2, -0.15) is 0 Å². The van der Waals surface area contributed by atoms with Crippen molar-refractivity contribution >= 4 is 40.2 Å². The van der Waals surface area contributed by atoms with Crippen molar-refractivity contribution in [2.45, 2.75) is 6.42 Å². The van der Waals surface area contributed by atoms with Gasteiger partial charge >= 0.3 is 5.69 Å². The zero-order chi connectivity index (χ0) is 24.6. The van der Waals surface area contributed by atoms with Crippen LogP contribution in [0.15, 0.2) is 77.8 Å². The van der Waals surface area contributed by atoms with Gasteiger partial charge in [0.05, 0.1) is 12.0 Å². The summed E-state index contributed by atoms with van der Waals surface area (Å²) in [6, 6.07) is 18.4. The summed E-state index contributed by atoms with van der Waals surface area (Å²) in [4.78, 5) is 28.1. The fourth-order valence-corrected chi connectivity index (χ4v) is 4.12. The molecule has 0 fully saturated rings. The van der Waals surface area contributed by atoms with E-state index in [1.54, 1.807) is 67.4 Å². The second-order valence-corrected chi connectivity index (χ2v) is 8.63. The van der Waals surface area contributed by atoms with E-state index in [0.29, 0.717) is 22.6 Å². The average molecular weight is 490 g/mol. The van der Waals surface area contributed by atoms with E-state index in [2.05, 4.69) is 10.3 Å². The number of allylic oxidation sites excluding steroid dienone is 1. The first kappa shape index (κ1) is 24.0. The Labute approximate surface area is 206 Å². The molecule has 8 nitrogen and oxygen atoms in total. The molecule has 1 aliphatic heterocycles. The highest BCUT2D eigenvalue weighted by Crippen LogP contribution is 2.33. The molecule has 4 rings (SSSR count). The Hall–Kier alpha value is -4.11. The molecule has 0 bridgehead atoms. The number of carbonyl (C=O) groups is 1. The van der Waals surface area contributed by atoms with Gasteiger partial charge in [0.1, 0.15) is 11.5 Å². The number of hydrogen-bond donors (Lipinski definition) is 1. The summed E-state index contributed by atoms with van der Waals surface area (Å²) in [7, 11) is 1.55. The highest BCUT2D eigenvalue weighted by Gasteiger charge is 2.16. The number of hydrogen-bond acceptors (Lipinski definition) is 8. The van der Waals surface area contributed by atoms with Crippen molar-refractivity contribution in [3.63, 3.8) is 0 Å². The fourth-order valence-electron chi connectivity index (χ4n) is 3.28. The molecule has 0 saturated carbocycles. The number of nitrogens with zero attached hydrogens (tertiary/aromatic N) is 2. The predicted molar refractivity (Wildman–Crippen MR) is 139 cm³/mol. The molecule has 0 atom stereocenters. The summed E-state index contributed by atoms with van der Waals surface area (Å²) in [5.74, 6) is 2.04. The molecule has 0 unspecified atom stereocenters. The largest absolute Gasteiger partial charge is 0.497 e. The van der Waals surface area contributed by atoms with Gasteiger partial charge in [-0.05, 0) is 72.7 Å². The zero-order valence-corrected chi connectivity index (χ0v) is 19.8. The SMILES string of the molecule is COc1ccc(Oc2ccc(C=CC(=O)c3ccc(NC4=NCCCS4)cc3)cc2[N+](=O)[O-])cc1. The fraction of sp³-hybridized carbons (Fsp3) is 0.154. The number of nitro benzene ring substituents is 1. The van der Waals surface area contributed by atoms with Crippen molar-refractivity contribution in [2.75, 3.05) is 24.7 Å². The lowest BCUT2D eigenvalue weighted by atomic mass is 10.1. The Morgan fingerprint density at radius 1 is 1.09 bits per heavy atom. The van der Waals surface area contributed by atoms with Gasteiger partial charge in [-0.3, -0.25) is 19.9 Å². The number of aliphatic imine (C=N–C) groups is 1. The van der Waals surface area contributed by atoms with Crippen molar-refractivity contribution < 1.29 is 19.2 Å². The van der Waals surface area contributed by atoms with Crippen LogP contribution in [0, 0.1) is 10.1 Å². The number of ether oxygens (including phenoxy) is 2. The van der Waals surface area contributed by atoms with Gasteiger partial charge < -0.3 is 14.8 Å². The highest BCUT2D eigenvalue weighted by molar-refractivity contribution is 8.14. The topological polar surface area (TPSA) is 103 Å². The molecule has 0 spiro atoms. The summed E-state index contributed by atoms with van der Waals surface area (Å²) < 4.78 is 10.8. The number of ketones is 1. The van der Waals surface area contributed by atoms with E-state index in [1.807, 2.05) is 12.1 Å². The molecule has 0 aliphatic carbocycles. The molecule has 0 aromatic heterocycles. The molecule has 3 aromatic carbocycles. The third-order valence-corrected chi connectivity index (χ3v) is 6.11. The summed E-state index contributed by atoms with van der Waals surface area (Å²) in [6.45, 7) is 0.823. The van der Waals surface area contributed by atoms with Crippen LogP contribution in [-0.2, 0) is 0 Å². The van der Waals surface area contributed by atoms with E-state index >= 15 is 0 Å². The lowest BCUT2D eigenvalue weighted by molar-refractivity contribution is -0.385. The first-order valence-corrected chi connectivity index (χ1v) is 11.9. The van der Waals surface area contributed by atoms with E-state index in [0.717, 1.165) is 29.6 Å². The van der Waals surface area contributed by atoms with Crippen molar-refractivity contribution in [1.82, 2.24) is 0 Å². The minimum atomic E-state index is -0.515. The van der Waals surface area contributed by atoms with Crippen LogP contribution < -0.4 is 14.8 Å². The van der Waals surface area contributed by atoms with Crippen molar-refractivity contribution in [3.8, 4) is 17.2 Å². The second-order valence-electron chi connectivity index (χ2n) is 7.55. The van der Waals surface area contributed by atoms with Gasteiger partial charge in [0.25, 0.3) is 0 Å². The third kappa shape index (κ3) is 6.48. The maximum atomic E-state index is 12.6. The number of benzene rings is 3. The Morgan fingerprint density at radius 3 is 2.49 bits per heavy atom. The Kier molecular flexibility index (Phi) is 7.79. The molecule has 9 heteroatoms. The van der Waals surface area contributed by atoms with E-state index in [4.69, 9.17) is 9.47 Å². The molecule has 178 valence electrons. The van der Waals surface area contributed by atoms with Crippen LogP contribution in [-0.4, -0.2) is 35.3 Å². The van der Waals surface area contributed by atoms with Gasteiger partial charge in [-0.15, -0.1) is 0 Å². The number of carbonyl (C=O) groups excluding carboxylic acids is 1. The van der Waals surface area contributed by atoms with E-state index < -0.39 is 4.92 Å². The monoisotopic (exact) mass is 489 g/mol. The van der Waals surface area contributed by atoms with E-state index in [9.17, 15) is 14.9 Å². The van der Waals surface area contributed by atoms with Crippen molar-refractivity contribution in [3.05, 3.63) is 94.0 Å². The number of rotatable bonds is 8. The molecule has 3 aromatic rings. The first-order chi connectivity index (χ1) is 17.0. The number of nitrogens with one attached hydrogen (secondary N) is 1. The van der Waals surface area contributed by atoms with Crippen molar-refractivity contribution in [2.24, 2.45) is 4.99 Å². The summed E-state index contributed by atoms with van der Waals surface area (Å²) in [5.41, 5.74) is 1.69. The van der Waals surface area contributed by atoms with Crippen LogP contribution in [0.2, 0.25) is 0 Å². The van der Waals surface area contributed by atoms with Crippen LogP contribution in [0.4, 0.5) is 11.4 Å². The predicted octanol–water partition coefficient (Wildman–Crippen LogP) is 6.20. The van der Waals surface area contributed by atoms with Gasteiger partial charge in [0.15, 0.2) is 11.0 Å². The minimum absolute atomic E-state index is 0.104. The zero-order valence-electron chi connectivity index (χ0n) is 19.0. The van der Waals surface area contributed by atoms with Crippen LogP contribution in [0.25, 0.3) is 6.08 Å². The van der Waals surface area contributed by atoms with Gasteiger partial charge in [-0.25, -0.2) is 0 Å². The molecule has 35 heavy (non-hydrogen) atoms. The molecule has 0 radical (unpaired) electrons. The second kappa shape index (κ2) is 11.3. The molecule has 1 N–H and O–H groups in total. The number of nitro groups is 1.